The molecule has 1 heterocycles. The Hall–Kier alpha value is -1.91. The van der Waals surface area contributed by atoms with E-state index in [4.69, 9.17) is 9.47 Å². The van der Waals surface area contributed by atoms with E-state index >= 15 is 0 Å². The number of carbonyl (C=O) groups is 3. The fourth-order valence-electron chi connectivity index (χ4n) is 2.05. The molecular weight excluding hydrogens is 224 g/mol. The van der Waals surface area contributed by atoms with Crippen molar-refractivity contribution in [3.63, 3.8) is 0 Å². The molecule has 0 aromatic carbocycles. The van der Waals surface area contributed by atoms with Crippen LogP contribution in [0.3, 0.4) is 0 Å². The zero-order chi connectivity index (χ0) is 12.6. The normalized spacial score (nSPS) is 31.4. The van der Waals surface area contributed by atoms with Crippen LogP contribution in [0, 0.1) is 5.92 Å². The summed E-state index contributed by atoms with van der Waals surface area (Å²) in [7, 11) is 0. The third-order valence-electron chi connectivity index (χ3n) is 2.82. The largest absolute Gasteiger partial charge is 0.454 e. The lowest BCUT2D eigenvalue weighted by molar-refractivity contribution is -0.171. The van der Waals surface area contributed by atoms with Crippen LogP contribution >= 0.6 is 0 Å². The van der Waals surface area contributed by atoms with Gasteiger partial charge in [0.1, 0.15) is 0 Å². The first kappa shape index (κ1) is 11.6. The molecule has 0 radical (unpaired) electrons. The zero-order valence-electron chi connectivity index (χ0n) is 9.51. The van der Waals surface area contributed by atoms with Crippen molar-refractivity contribution in [2.45, 2.75) is 26.1 Å². The molecule has 90 valence electrons. The summed E-state index contributed by atoms with van der Waals surface area (Å²) in [5.41, 5.74) is 0.798. The second kappa shape index (κ2) is 4.16. The Morgan fingerprint density at radius 3 is 2.76 bits per heavy atom. The van der Waals surface area contributed by atoms with Gasteiger partial charge < -0.3 is 9.47 Å². The fourth-order valence-corrected chi connectivity index (χ4v) is 2.05. The van der Waals surface area contributed by atoms with E-state index in [-0.39, 0.29) is 11.7 Å². The maximum absolute atomic E-state index is 11.6. The second-order valence-corrected chi connectivity index (χ2v) is 4.11. The molecule has 1 unspecified atom stereocenters. The first-order chi connectivity index (χ1) is 7.99. The number of rotatable bonds is 1. The maximum Gasteiger partial charge on any atom is 0.331 e. The predicted octanol–water partition coefficient (Wildman–Crippen LogP) is 0.545. The van der Waals surface area contributed by atoms with E-state index in [1.165, 1.54) is 19.1 Å². The van der Waals surface area contributed by atoms with Crippen LogP contribution in [0.25, 0.3) is 0 Å². The smallest absolute Gasteiger partial charge is 0.331 e. The van der Waals surface area contributed by atoms with Gasteiger partial charge in [0.2, 0.25) is 6.10 Å². The molecule has 0 fully saturated rings. The molecule has 2 rings (SSSR count). The standard InChI is InChI=1S/C12H12O5/c1-6-5-10(15)17-11-8(6)3-4-9(14)12(11)16-7(2)13/h3-5,8,11-12H,1-2H3/t8-,11-,12?/m1/s1. The van der Waals surface area contributed by atoms with Crippen LogP contribution in [-0.2, 0) is 23.9 Å². The lowest BCUT2D eigenvalue weighted by atomic mass is 9.83. The first-order valence-corrected chi connectivity index (χ1v) is 5.27. The molecule has 5 nitrogen and oxygen atoms in total. The molecule has 0 saturated carbocycles. The lowest BCUT2D eigenvalue weighted by Crippen LogP contribution is -2.48. The molecule has 1 aliphatic carbocycles. The monoisotopic (exact) mass is 236 g/mol. The van der Waals surface area contributed by atoms with Gasteiger partial charge in [-0.3, -0.25) is 9.59 Å². The highest BCUT2D eigenvalue weighted by molar-refractivity contribution is 5.97. The van der Waals surface area contributed by atoms with E-state index < -0.39 is 24.1 Å². The topological polar surface area (TPSA) is 69.7 Å². The SMILES string of the molecule is CC(=O)OC1C(=O)C=C[C@@H]2C(C)=CC(=O)O[C@@H]12. The Balaban J connectivity index is 2.33. The van der Waals surface area contributed by atoms with Crippen molar-refractivity contribution in [3.05, 3.63) is 23.8 Å². The average Bonchev–Trinajstić information content (AvgIpc) is 2.21. The number of hydrogen-bond acceptors (Lipinski definition) is 5. The van der Waals surface area contributed by atoms with Gasteiger partial charge in [-0.2, -0.15) is 0 Å². The van der Waals surface area contributed by atoms with Crippen molar-refractivity contribution >= 4 is 17.7 Å². The van der Waals surface area contributed by atoms with Crippen LogP contribution in [0.4, 0.5) is 0 Å². The summed E-state index contributed by atoms with van der Waals surface area (Å²) in [4.78, 5) is 33.9. The van der Waals surface area contributed by atoms with Gasteiger partial charge in [0.05, 0.1) is 0 Å². The molecule has 0 N–H and O–H groups in total. The summed E-state index contributed by atoms with van der Waals surface area (Å²) in [5.74, 6) is -1.64. The molecule has 17 heavy (non-hydrogen) atoms. The van der Waals surface area contributed by atoms with E-state index in [1.807, 2.05) is 0 Å². The van der Waals surface area contributed by atoms with Gasteiger partial charge in [0.15, 0.2) is 11.9 Å². The highest BCUT2D eigenvalue weighted by Crippen LogP contribution is 2.31. The third-order valence-corrected chi connectivity index (χ3v) is 2.82. The minimum absolute atomic E-state index is 0.199. The summed E-state index contributed by atoms with van der Waals surface area (Å²) < 4.78 is 10.0. The molecule has 0 amide bonds. The van der Waals surface area contributed by atoms with Crippen LogP contribution in [0.5, 0.6) is 0 Å². The summed E-state index contributed by atoms with van der Waals surface area (Å²) in [6.45, 7) is 3.00. The second-order valence-electron chi connectivity index (χ2n) is 4.11. The van der Waals surface area contributed by atoms with Gasteiger partial charge in [-0.25, -0.2) is 4.79 Å². The summed E-state index contributed by atoms with van der Waals surface area (Å²) >= 11 is 0. The molecule has 0 saturated heterocycles. The average molecular weight is 236 g/mol. The van der Waals surface area contributed by atoms with Crippen molar-refractivity contribution in [1.29, 1.82) is 0 Å². The third kappa shape index (κ3) is 2.13. The number of hydrogen-bond donors (Lipinski definition) is 0. The van der Waals surface area contributed by atoms with Gasteiger partial charge in [-0.1, -0.05) is 11.6 Å². The minimum atomic E-state index is -1.03. The van der Waals surface area contributed by atoms with Crippen LogP contribution in [0.1, 0.15) is 13.8 Å². The Kier molecular flexibility index (Phi) is 2.83. The van der Waals surface area contributed by atoms with Gasteiger partial charge in [-0.15, -0.1) is 0 Å². The van der Waals surface area contributed by atoms with E-state index in [2.05, 4.69) is 0 Å². The van der Waals surface area contributed by atoms with Crippen LogP contribution in [-0.4, -0.2) is 29.9 Å². The van der Waals surface area contributed by atoms with Gasteiger partial charge in [0, 0.05) is 18.9 Å². The summed E-state index contributed by atoms with van der Waals surface area (Å²) in [6.07, 6.45) is 2.65. The quantitative estimate of drug-likeness (QED) is 0.622. The lowest BCUT2D eigenvalue weighted by Gasteiger charge is -2.35. The Morgan fingerprint density at radius 2 is 2.12 bits per heavy atom. The molecule has 5 heteroatoms. The first-order valence-electron chi connectivity index (χ1n) is 5.27. The van der Waals surface area contributed by atoms with E-state index in [1.54, 1.807) is 13.0 Å². The van der Waals surface area contributed by atoms with Crippen molar-refractivity contribution in [2.24, 2.45) is 5.92 Å². The molecule has 2 aliphatic rings. The number of ketones is 1. The molecule has 3 atom stereocenters. The van der Waals surface area contributed by atoms with Crippen LogP contribution in [0.15, 0.2) is 23.8 Å². The molecule has 0 aromatic heterocycles. The van der Waals surface area contributed by atoms with Gasteiger partial charge >= 0.3 is 11.9 Å². The number of esters is 2. The van der Waals surface area contributed by atoms with Crippen molar-refractivity contribution in [2.75, 3.05) is 0 Å². The van der Waals surface area contributed by atoms with E-state index in [0.29, 0.717) is 0 Å². The number of carbonyl (C=O) groups excluding carboxylic acids is 3. The zero-order valence-corrected chi connectivity index (χ0v) is 9.51. The fraction of sp³-hybridized carbons (Fsp3) is 0.417. The number of ether oxygens (including phenoxy) is 2. The highest BCUT2D eigenvalue weighted by Gasteiger charge is 2.43. The Labute approximate surface area is 98.1 Å². The Bertz CT molecular complexity index is 446. The van der Waals surface area contributed by atoms with Gasteiger partial charge in [-0.05, 0) is 13.0 Å². The summed E-state index contributed by atoms with van der Waals surface area (Å²) in [6, 6.07) is 0. The molecule has 1 aliphatic heterocycles. The van der Waals surface area contributed by atoms with E-state index in [0.717, 1.165) is 5.57 Å². The summed E-state index contributed by atoms with van der Waals surface area (Å²) in [5, 5.41) is 0. The minimum Gasteiger partial charge on any atom is -0.454 e. The maximum atomic E-state index is 11.6. The molecule has 0 spiro atoms. The van der Waals surface area contributed by atoms with Crippen molar-refractivity contribution in [3.8, 4) is 0 Å². The van der Waals surface area contributed by atoms with Crippen LogP contribution in [0.2, 0.25) is 0 Å². The molecule has 0 bridgehead atoms. The predicted molar refractivity (Wildman–Crippen MR) is 56.8 cm³/mol. The molecule has 0 aromatic rings. The van der Waals surface area contributed by atoms with Crippen molar-refractivity contribution < 1.29 is 23.9 Å². The van der Waals surface area contributed by atoms with Crippen LogP contribution < -0.4 is 0 Å². The Morgan fingerprint density at radius 1 is 1.41 bits per heavy atom. The molecular formula is C12H12O5. The van der Waals surface area contributed by atoms with Crippen molar-refractivity contribution in [1.82, 2.24) is 0 Å². The van der Waals surface area contributed by atoms with E-state index in [9.17, 15) is 14.4 Å². The highest BCUT2D eigenvalue weighted by atomic mass is 16.6. The van der Waals surface area contributed by atoms with Gasteiger partial charge in [0.25, 0.3) is 0 Å². The number of fused-ring (bicyclic) bond motifs is 1.